The molecule has 0 fully saturated rings. The van der Waals surface area contributed by atoms with Gasteiger partial charge in [0.1, 0.15) is 12.4 Å². The van der Waals surface area contributed by atoms with E-state index in [1.165, 1.54) is 0 Å². The van der Waals surface area contributed by atoms with Gasteiger partial charge in [0.05, 0.1) is 11.7 Å². The van der Waals surface area contributed by atoms with Crippen LogP contribution in [0.3, 0.4) is 0 Å². The van der Waals surface area contributed by atoms with Crippen LogP contribution in [0.5, 0.6) is 5.75 Å². The van der Waals surface area contributed by atoms with Gasteiger partial charge in [-0.2, -0.15) is 0 Å². The van der Waals surface area contributed by atoms with Crippen LogP contribution in [0.15, 0.2) is 36.5 Å². The third-order valence-electron chi connectivity index (χ3n) is 1.89. The van der Waals surface area contributed by atoms with Crippen LogP contribution in [0.1, 0.15) is 0 Å². The fraction of sp³-hybridized carbons (Fsp3) is 0.0833. The maximum Gasteiger partial charge on any atom is 0.148 e. The number of nitrogens with zero attached hydrogens (tertiary/aromatic N) is 1. The third-order valence-corrected chi connectivity index (χ3v) is 1.89. The molecule has 0 saturated heterocycles. The van der Waals surface area contributed by atoms with Crippen molar-refractivity contribution in [3.63, 3.8) is 0 Å². The highest BCUT2D eigenvalue weighted by Crippen LogP contribution is 2.17. The maximum atomic E-state index is 5.26. The van der Waals surface area contributed by atoms with Crippen molar-refractivity contribution >= 4 is 10.9 Å². The summed E-state index contributed by atoms with van der Waals surface area (Å²) in [7, 11) is 0. The van der Waals surface area contributed by atoms with Crippen LogP contribution in [-0.4, -0.2) is 11.6 Å². The van der Waals surface area contributed by atoms with Crippen molar-refractivity contribution in [1.29, 1.82) is 0 Å². The Morgan fingerprint density at radius 1 is 1.36 bits per heavy atom. The molecule has 0 N–H and O–H groups in total. The van der Waals surface area contributed by atoms with Crippen molar-refractivity contribution in [1.82, 2.24) is 4.98 Å². The predicted octanol–water partition coefficient (Wildman–Crippen LogP) is 2.25. The Kier molecular flexibility index (Phi) is 2.33. The molecule has 0 amide bonds. The lowest BCUT2D eigenvalue weighted by Crippen LogP contribution is -1.93. The summed E-state index contributed by atoms with van der Waals surface area (Å²) >= 11 is 0. The molecule has 68 valence electrons. The summed E-state index contributed by atoms with van der Waals surface area (Å²) in [5, 5.41) is 1.06. The van der Waals surface area contributed by atoms with E-state index >= 15 is 0 Å². The standard InChI is InChI=1S/C12H9NO/c1-2-7-14-11-8-10-5-3-4-6-12(10)13-9-11/h1,3-6,8-9H,7H2. The molecule has 0 unspecified atom stereocenters. The van der Waals surface area contributed by atoms with E-state index in [-0.39, 0.29) is 6.61 Å². The van der Waals surface area contributed by atoms with E-state index in [1.54, 1.807) is 6.20 Å². The number of fused-ring (bicyclic) bond motifs is 1. The highest BCUT2D eigenvalue weighted by atomic mass is 16.5. The monoisotopic (exact) mass is 183 g/mol. The van der Waals surface area contributed by atoms with E-state index < -0.39 is 0 Å². The number of hydrogen-bond donors (Lipinski definition) is 0. The molecule has 0 aliphatic heterocycles. The molecule has 2 aromatic rings. The molecule has 1 aromatic heterocycles. The van der Waals surface area contributed by atoms with Crippen LogP contribution in [0.25, 0.3) is 10.9 Å². The van der Waals surface area contributed by atoms with Gasteiger partial charge in [-0.3, -0.25) is 4.98 Å². The van der Waals surface area contributed by atoms with Gasteiger partial charge in [0.2, 0.25) is 0 Å². The van der Waals surface area contributed by atoms with E-state index in [4.69, 9.17) is 11.2 Å². The first-order valence-electron chi connectivity index (χ1n) is 4.31. The summed E-state index contributed by atoms with van der Waals surface area (Å²) in [6.07, 6.45) is 6.77. The van der Waals surface area contributed by atoms with Gasteiger partial charge < -0.3 is 4.74 Å². The van der Waals surface area contributed by atoms with Crippen molar-refractivity contribution in [2.75, 3.05) is 6.61 Å². The molecule has 2 heteroatoms. The maximum absolute atomic E-state index is 5.26. The van der Waals surface area contributed by atoms with Crippen molar-refractivity contribution in [3.8, 4) is 18.1 Å². The first-order valence-corrected chi connectivity index (χ1v) is 4.31. The van der Waals surface area contributed by atoms with Gasteiger partial charge in [-0.15, -0.1) is 6.42 Å². The molecule has 0 spiro atoms. The second-order valence-corrected chi connectivity index (χ2v) is 2.86. The molecule has 2 rings (SSSR count). The minimum Gasteiger partial charge on any atom is -0.479 e. The van der Waals surface area contributed by atoms with E-state index in [0.717, 1.165) is 10.9 Å². The molecule has 0 atom stereocenters. The third kappa shape index (κ3) is 1.67. The number of pyridine rings is 1. The molecule has 0 aliphatic rings. The summed E-state index contributed by atoms with van der Waals surface area (Å²) in [5.41, 5.74) is 0.959. The average Bonchev–Trinajstić information content (AvgIpc) is 2.26. The Morgan fingerprint density at radius 2 is 2.21 bits per heavy atom. The lowest BCUT2D eigenvalue weighted by molar-refractivity contribution is 0.369. The molecule has 1 aromatic carbocycles. The Labute approximate surface area is 82.5 Å². The first kappa shape index (κ1) is 8.58. The van der Waals surface area contributed by atoms with Crippen LogP contribution >= 0.6 is 0 Å². The van der Waals surface area contributed by atoms with Gasteiger partial charge in [-0.05, 0) is 12.1 Å². The number of para-hydroxylation sites is 1. The normalized spacial score (nSPS) is 9.64. The SMILES string of the molecule is C#CCOc1cnc2ccccc2c1. The van der Waals surface area contributed by atoms with Gasteiger partial charge in [0.15, 0.2) is 0 Å². The summed E-state index contributed by atoms with van der Waals surface area (Å²) in [4.78, 5) is 4.24. The molecular weight excluding hydrogens is 174 g/mol. The quantitative estimate of drug-likeness (QED) is 0.666. The Morgan fingerprint density at radius 3 is 3.07 bits per heavy atom. The van der Waals surface area contributed by atoms with Gasteiger partial charge in [-0.25, -0.2) is 0 Å². The largest absolute Gasteiger partial charge is 0.479 e. The second-order valence-electron chi connectivity index (χ2n) is 2.86. The van der Waals surface area contributed by atoms with Crippen molar-refractivity contribution in [2.24, 2.45) is 0 Å². The van der Waals surface area contributed by atoms with Gasteiger partial charge >= 0.3 is 0 Å². The van der Waals surface area contributed by atoms with Gasteiger partial charge in [-0.1, -0.05) is 24.1 Å². The first-order chi connectivity index (χ1) is 6.90. The summed E-state index contributed by atoms with van der Waals surface area (Å²) in [5.74, 6) is 3.12. The van der Waals surface area contributed by atoms with Gasteiger partial charge in [0, 0.05) is 5.39 Å². The average molecular weight is 183 g/mol. The van der Waals surface area contributed by atoms with E-state index in [1.807, 2.05) is 30.3 Å². The van der Waals surface area contributed by atoms with E-state index in [2.05, 4.69) is 10.9 Å². The molecule has 1 heterocycles. The molecule has 0 bridgehead atoms. The summed E-state index contributed by atoms with van der Waals surface area (Å²) < 4.78 is 5.26. The Bertz CT molecular complexity index is 485. The Balaban J connectivity index is 2.37. The summed E-state index contributed by atoms with van der Waals surface area (Å²) in [6.45, 7) is 0.278. The second kappa shape index (κ2) is 3.80. The van der Waals surface area contributed by atoms with Crippen molar-refractivity contribution in [3.05, 3.63) is 36.5 Å². The molecule has 0 radical (unpaired) electrons. The van der Waals surface area contributed by atoms with Crippen LogP contribution in [-0.2, 0) is 0 Å². The lowest BCUT2D eigenvalue weighted by Gasteiger charge is -2.02. The zero-order chi connectivity index (χ0) is 9.80. The number of benzene rings is 1. The predicted molar refractivity (Wildman–Crippen MR) is 56.1 cm³/mol. The van der Waals surface area contributed by atoms with Crippen LogP contribution < -0.4 is 4.74 Å². The molecule has 0 aliphatic carbocycles. The minimum absolute atomic E-state index is 0.278. The minimum atomic E-state index is 0.278. The van der Waals surface area contributed by atoms with E-state index in [0.29, 0.717) is 5.75 Å². The highest BCUT2D eigenvalue weighted by Gasteiger charge is 1.96. The van der Waals surface area contributed by atoms with Crippen molar-refractivity contribution in [2.45, 2.75) is 0 Å². The topological polar surface area (TPSA) is 22.1 Å². The van der Waals surface area contributed by atoms with Crippen LogP contribution in [0, 0.1) is 12.3 Å². The number of ether oxygens (including phenoxy) is 1. The van der Waals surface area contributed by atoms with Gasteiger partial charge in [0.25, 0.3) is 0 Å². The fourth-order valence-corrected chi connectivity index (χ4v) is 1.25. The number of rotatable bonds is 2. The van der Waals surface area contributed by atoms with Crippen LogP contribution in [0.2, 0.25) is 0 Å². The highest BCUT2D eigenvalue weighted by molar-refractivity contribution is 5.79. The summed E-state index contributed by atoms with van der Waals surface area (Å²) in [6, 6.07) is 9.80. The van der Waals surface area contributed by atoms with Crippen LogP contribution in [0.4, 0.5) is 0 Å². The molecule has 14 heavy (non-hydrogen) atoms. The van der Waals surface area contributed by atoms with E-state index in [9.17, 15) is 0 Å². The zero-order valence-electron chi connectivity index (χ0n) is 7.60. The molecule has 0 saturated carbocycles. The molecular formula is C12H9NO. The molecule has 2 nitrogen and oxygen atoms in total. The van der Waals surface area contributed by atoms with Crippen molar-refractivity contribution < 1.29 is 4.74 Å². The number of aromatic nitrogens is 1. The number of terminal acetylenes is 1. The lowest BCUT2D eigenvalue weighted by atomic mass is 10.2. The fourth-order valence-electron chi connectivity index (χ4n) is 1.25. The number of hydrogen-bond acceptors (Lipinski definition) is 2. The smallest absolute Gasteiger partial charge is 0.148 e. The Hall–Kier alpha value is -2.01. The zero-order valence-corrected chi connectivity index (χ0v) is 7.60.